The van der Waals surface area contributed by atoms with Gasteiger partial charge in [-0.1, -0.05) is 36.4 Å². The predicted octanol–water partition coefficient (Wildman–Crippen LogP) is 2.12. The average Bonchev–Trinajstić information content (AvgIpc) is 3.09. The fraction of sp³-hybridized carbons (Fsp3) is 0.385. The van der Waals surface area contributed by atoms with Crippen LogP contribution in [0.3, 0.4) is 0 Å². The van der Waals surface area contributed by atoms with Crippen LogP contribution in [0.2, 0.25) is 0 Å². The van der Waals surface area contributed by atoms with Crippen molar-refractivity contribution >= 4 is 11.0 Å². The molecule has 6 nitrogen and oxygen atoms in total. The Kier molecular flexibility index (Phi) is 4.22. The van der Waals surface area contributed by atoms with Crippen LogP contribution in [0, 0.1) is 0 Å². The molecule has 0 fully saturated rings. The van der Waals surface area contributed by atoms with Crippen LogP contribution in [-0.2, 0) is 13.1 Å². The number of nitrogens with zero attached hydrogens (tertiary/aromatic N) is 6. The predicted molar refractivity (Wildman–Crippen MR) is 73.7 cm³/mol. The van der Waals surface area contributed by atoms with Crippen molar-refractivity contribution < 1.29 is 0 Å². The molecule has 0 aliphatic carbocycles. The highest BCUT2D eigenvalue weighted by Gasteiger charge is 2.06. The van der Waals surface area contributed by atoms with Crippen LogP contribution in [0.1, 0.15) is 26.5 Å². The molecule has 100 valence electrons. The molecule has 0 radical (unpaired) electrons. The summed E-state index contributed by atoms with van der Waals surface area (Å²) >= 11 is 0. The van der Waals surface area contributed by atoms with Gasteiger partial charge in [0.25, 0.3) is 0 Å². The minimum absolute atomic E-state index is 0.598. The van der Waals surface area contributed by atoms with Crippen LogP contribution in [0.15, 0.2) is 30.5 Å². The molecule has 3 rings (SSSR count). The number of benzene rings is 1. The second-order valence-corrected chi connectivity index (χ2v) is 3.80. The first-order valence-corrected chi connectivity index (χ1v) is 6.54. The molecular weight excluding hydrogens is 240 g/mol. The van der Waals surface area contributed by atoms with Gasteiger partial charge in [0.2, 0.25) is 0 Å². The summed E-state index contributed by atoms with van der Waals surface area (Å²) in [4.78, 5) is 0. The van der Waals surface area contributed by atoms with Gasteiger partial charge in [-0.25, -0.2) is 4.68 Å². The van der Waals surface area contributed by atoms with Crippen molar-refractivity contribution in [1.82, 2.24) is 30.0 Å². The topological polar surface area (TPSA) is 61.4 Å². The monoisotopic (exact) mass is 258 g/mol. The first kappa shape index (κ1) is 13.2. The fourth-order valence-electron chi connectivity index (χ4n) is 1.75. The number of aryl methyl sites for hydroxylation is 1. The Bertz CT molecular complexity index is 639. The van der Waals surface area contributed by atoms with Gasteiger partial charge in [0.1, 0.15) is 11.2 Å². The Balaban J connectivity index is 0.000000637. The van der Waals surface area contributed by atoms with Crippen molar-refractivity contribution in [3.05, 3.63) is 36.2 Å². The van der Waals surface area contributed by atoms with E-state index < -0.39 is 0 Å². The molecule has 0 atom stereocenters. The van der Waals surface area contributed by atoms with Crippen molar-refractivity contribution in [2.24, 2.45) is 0 Å². The summed E-state index contributed by atoms with van der Waals surface area (Å²) in [5.74, 6) is 0. The van der Waals surface area contributed by atoms with Crippen LogP contribution >= 0.6 is 0 Å². The van der Waals surface area contributed by atoms with Gasteiger partial charge < -0.3 is 0 Å². The first-order chi connectivity index (χ1) is 9.36. The Morgan fingerprint density at radius 2 is 1.84 bits per heavy atom. The third kappa shape index (κ3) is 2.78. The summed E-state index contributed by atoms with van der Waals surface area (Å²) in [6.07, 6.45) is 1.93. The first-order valence-electron chi connectivity index (χ1n) is 6.54. The summed E-state index contributed by atoms with van der Waals surface area (Å²) in [5, 5.41) is 16.3. The zero-order valence-electron chi connectivity index (χ0n) is 11.5. The summed E-state index contributed by atoms with van der Waals surface area (Å²) in [5.41, 5.74) is 2.80. The van der Waals surface area contributed by atoms with E-state index in [1.807, 2.05) is 55.9 Å². The molecule has 2 aromatic heterocycles. The molecule has 0 spiro atoms. The fourth-order valence-corrected chi connectivity index (χ4v) is 1.75. The Labute approximate surface area is 112 Å². The van der Waals surface area contributed by atoms with Crippen LogP contribution < -0.4 is 0 Å². The molecular formula is C13H18N6. The average molecular weight is 258 g/mol. The highest BCUT2D eigenvalue weighted by Crippen LogP contribution is 2.10. The lowest BCUT2D eigenvalue weighted by molar-refractivity contribution is 0.625. The lowest BCUT2D eigenvalue weighted by atomic mass is 10.3. The molecule has 0 aliphatic heterocycles. The third-order valence-electron chi connectivity index (χ3n) is 2.64. The largest absolute Gasteiger partial charge is 0.252 e. The Morgan fingerprint density at radius 3 is 2.58 bits per heavy atom. The van der Waals surface area contributed by atoms with Crippen molar-refractivity contribution in [2.75, 3.05) is 0 Å². The molecule has 6 heteroatoms. The second-order valence-electron chi connectivity index (χ2n) is 3.80. The minimum Gasteiger partial charge on any atom is -0.252 e. The van der Waals surface area contributed by atoms with Crippen LogP contribution in [0.25, 0.3) is 11.0 Å². The van der Waals surface area contributed by atoms with Gasteiger partial charge >= 0.3 is 0 Å². The van der Waals surface area contributed by atoms with Gasteiger partial charge in [-0.15, -0.1) is 10.2 Å². The van der Waals surface area contributed by atoms with E-state index in [9.17, 15) is 0 Å². The molecule has 1 aromatic carbocycles. The number of hydrogen-bond acceptors (Lipinski definition) is 4. The summed E-state index contributed by atoms with van der Waals surface area (Å²) in [7, 11) is 0. The highest BCUT2D eigenvalue weighted by atomic mass is 15.5. The van der Waals surface area contributed by atoms with E-state index in [0.29, 0.717) is 6.54 Å². The normalized spacial score (nSPS) is 10.3. The maximum absolute atomic E-state index is 4.12. The number of aromatic nitrogens is 6. The number of fused-ring (bicyclic) bond motifs is 1. The zero-order valence-corrected chi connectivity index (χ0v) is 11.5. The maximum atomic E-state index is 4.12. The van der Waals surface area contributed by atoms with E-state index in [1.54, 1.807) is 4.68 Å². The molecule has 19 heavy (non-hydrogen) atoms. The van der Waals surface area contributed by atoms with E-state index in [4.69, 9.17) is 0 Å². The molecule has 0 bridgehead atoms. The standard InChI is InChI=1S/C11H12N6.C2H6/c1-2-16-7-9(12-14-16)8-17-11-6-4-3-5-10(11)13-15-17;1-2/h3-7H,2,8H2,1H3;1-2H3. The quantitative estimate of drug-likeness (QED) is 0.722. The molecule has 0 saturated heterocycles. The molecule has 0 unspecified atom stereocenters. The van der Waals surface area contributed by atoms with Crippen molar-refractivity contribution in [1.29, 1.82) is 0 Å². The van der Waals surface area contributed by atoms with Gasteiger partial charge in [-0.2, -0.15) is 0 Å². The highest BCUT2D eigenvalue weighted by molar-refractivity contribution is 5.73. The number of hydrogen-bond donors (Lipinski definition) is 0. The Hall–Kier alpha value is -2.24. The van der Waals surface area contributed by atoms with Gasteiger partial charge in [0.15, 0.2) is 0 Å². The molecule has 0 saturated carbocycles. The van der Waals surface area contributed by atoms with Crippen LogP contribution in [0.4, 0.5) is 0 Å². The van der Waals surface area contributed by atoms with Gasteiger partial charge in [0.05, 0.1) is 18.3 Å². The lowest BCUT2D eigenvalue weighted by Crippen LogP contribution is -2.02. The molecule has 0 aliphatic rings. The van der Waals surface area contributed by atoms with E-state index in [2.05, 4.69) is 20.6 Å². The van der Waals surface area contributed by atoms with E-state index in [1.165, 1.54) is 0 Å². The van der Waals surface area contributed by atoms with E-state index >= 15 is 0 Å². The minimum atomic E-state index is 0.598. The van der Waals surface area contributed by atoms with E-state index in [0.717, 1.165) is 23.3 Å². The zero-order chi connectivity index (χ0) is 13.7. The maximum Gasteiger partial charge on any atom is 0.113 e. The Morgan fingerprint density at radius 1 is 1.05 bits per heavy atom. The number of para-hydroxylation sites is 1. The van der Waals surface area contributed by atoms with Gasteiger partial charge in [-0.3, -0.25) is 4.68 Å². The summed E-state index contributed by atoms with van der Waals surface area (Å²) in [6, 6.07) is 7.88. The van der Waals surface area contributed by atoms with E-state index in [-0.39, 0.29) is 0 Å². The lowest BCUT2D eigenvalue weighted by Gasteiger charge is -1.97. The van der Waals surface area contributed by atoms with Crippen molar-refractivity contribution in [3.63, 3.8) is 0 Å². The van der Waals surface area contributed by atoms with Crippen molar-refractivity contribution in [2.45, 2.75) is 33.9 Å². The molecule has 0 N–H and O–H groups in total. The van der Waals surface area contributed by atoms with Crippen LogP contribution in [-0.4, -0.2) is 30.0 Å². The number of rotatable bonds is 3. The van der Waals surface area contributed by atoms with Gasteiger partial charge in [0, 0.05) is 6.54 Å². The molecule has 2 heterocycles. The van der Waals surface area contributed by atoms with Crippen molar-refractivity contribution in [3.8, 4) is 0 Å². The summed E-state index contributed by atoms with van der Waals surface area (Å²) in [6.45, 7) is 7.45. The van der Waals surface area contributed by atoms with Gasteiger partial charge in [-0.05, 0) is 19.1 Å². The molecule has 0 amide bonds. The molecule has 3 aromatic rings. The summed E-state index contributed by atoms with van der Waals surface area (Å²) < 4.78 is 3.63. The second kappa shape index (κ2) is 6.08. The smallest absolute Gasteiger partial charge is 0.113 e. The van der Waals surface area contributed by atoms with Crippen LogP contribution in [0.5, 0.6) is 0 Å². The SMILES string of the molecule is CC.CCn1cc(Cn2nnc3ccccc32)nn1. The third-order valence-corrected chi connectivity index (χ3v) is 2.64.